The lowest BCUT2D eigenvalue weighted by molar-refractivity contribution is -0.137. The Hall–Kier alpha value is -1.35. The molecule has 0 aliphatic carbocycles. The standard InChI is InChI=1S/C13H11F3N2O2S2/c14-13(15,16)7-1-2-9-8(5-7)12(21-3-4-22-12)11(20)18(9)6-10(17)19/h1-2,5H,3-4,6H2,(H2,17,19). The van der Waals surface area contributed by atoms with Crippen LogP contribution in [0, 0.1) is 0 Å². The maximum absolute atomic E-state index is 12.9. The molecule has 0 bridgehead atoms. The van der Waals surface area contributed by atoms with Crippen LogP contribution in [0.3, 0.4) is 0 Å². The van der Waals surface area contributed by atoms with Gasteiger partial charge in [0.1, 0.15) is 6.54 Å². The summed E-state index contributed by atoms with van der Waals surface area (Å²) in [5, 5.41) is 0. The molecule has 4 nitrogen and oxygen atoms in total. The van der Waals surface area contributed by atoms with Gasteiger partial charge in [-0.1, -0.05) is 0 Å². The number of carbonyl (C=O) groups is 2. The van der Waals surface area contributed by atoms with E-state index in [1.807, 2.05) is 0 Å². The van der Waals surface area contributed by atoms with Gasteiger partial charge in [-0.2, -0.15) is 13.2 Å². The summed E-state index contributed by atoms with van der Waals surface area (Å²) in [6, 6.07) is 3.18. The number of rotatable bonds is 2. The van der Waals surface area contributed by atoms with E-state index in [9.17, 15) is 22.8 Å². The van der Waals surface area contributed by atoms with Gasteiger partial charge in [0.15, 0.2) is 4.08 Å². The number of nitrogens with zero attached hydrogens (tertiary/aromatic N) is 1. The van der Waals surface area contributed by atoms with Crippen molar-refractivity contribution in [2.75, 3.05) is 23.0 Å². The molecule has 2 aliphatic rings. The van der Waals surface area contributed by atoms with Crippen LogP contribution in [0.5, 0.6) is 0 Å². The molecule has 118 valence electrons. The molecule has 2 amide bonds. The average molecular weight is 348 g/mol. The third-order valence-corrected chi connectivity index (χ3v) is 6.89. The van der Waals surface area contributed by atoms with Gasteiger partial charge in [-0.25, -0.2) is 0 Å². The van der Waals surface area contributed by atoms with Crippen LogP contribution in [0.1, 0.15) is 11.1 Å². The van der Waals surface area contributed by atoms with Gasteiger partial charge in [0.2, 0.25) is 5.91 Å². The number of fused-ring (bicyclic) bond motifs is 2. The van der Waals surface area contributed by atoms with E-state index in [4.69, 9.17) is 5.73 Å². The number of halogens is 3. The molecule has 2 N–H and O–H groups in total. The number of alkyl halides is 3. The van der Waals surface area contributed by atoms with E-state index in [0.29, 0.717) is 22.8 Å². The maximum atomic E-state index is 12.9. The normalized spacial score (nSPS) is 19.8. The van der Waals surface area contributed by atoms with Gasteiger partial charge in [-0.15, -0.1) is 23.5 Å². The largest absolute Gasteiger partial charge is 0.416 e. The van der Waals surface area contributed by atoms with Crippen molar-refractivity contribution in [1.82, 2.24) is 0 Å². The summed E-state index contributed by atoms with van der Waals surface area (Å²) in [7, 11) is 0. The minimum Gasteiger partial charge on any atom is -0.368 e. The van der Waals surface area contributed by atoms with E-state index < -0.39 is 21.7 Å². The molecule has 0 atom stereocenters. The van der Waals surface area contributed by atoms with Crippen LogP contribution in [0.15, 0.2) is 18.2 Å². The lowest BCUT2D eigenvalue weighted by atomic mass is 10.1. The van der Waals surface area contributed by atoms with Gasteiger partial charge < -0.3 is 10.6 Å². The van der Waals surface area contributed by atoms with Crippen molar-refractivity contribution in [2.24, 2.45) is 5.73 Å². The summed E-state index contributed by atoms with van der Waals surface area (Å²) in [4.78, 5) is 25.0. The summed E-state index contributed by atoms with van der Waals surface area (Å²) >= 11 is 2.61. The van der Waals surface area contributed by atoms with Crippen molar-refractivity contribution in [1.29, 1.82) is 0 Å². The molecule has 1 aromatic rings. The zero-order chi connectivity index (χ0) is 16.1. The van der Waals surface area contributed by atoms with Gasteiger partial charge in [0.25, 0.3) is 5.91 Å². The lowest BCUT2D eigenvalue weighted by Gasteiger charge is -2.21. The molecular weight excluding hydrogens is 337 g/mol. The van der Waals surface area contributed by atoms with Crippen molar-refractivity contribution in [3.8, 4) is 0 Å². The highest BCUT2D eigenvalue weighted by molar-refractivity contribution is 8.21. The Kier molecular flexibility index (Phi) is 3.59. The van der Waals surface area contributed by atoms with Crippen LogP contribution in [0.4, 0.5) is 18.9 Å². The Labute approximate surface area is 132 Å². The first-order valence-electron chi connectivity index (χ1n) is 6.35. The molecular formula is C13H11F3N2O2S2. The topological polar surface area (TPSA) is 63.4 Å². The predicted molar refractivity (Wildman–Crippen MR) is 79.6 cm³/mol. The quantitative estimate of drug-likeness (QED) is 0.890. The van der Waals surface area contributed by atoms with E-state index in [1.165, 1.54) is 34.5 Å². The molecule has 0 saturated carbocycles. The van der Waals surface area contributed by atoms with Gasteiger partial charge in [0.05, 0.1) is 11.3 Å². The molecule has 2 aliphatic heterocycles. The van der Waals surface area contributed by atoms with Crippen molar-refractivity contribution in [3.63, 3.8) is 0 Å². The summed E-state index contributed by atoms with van der Waals surface area (Å²) < 4.78 is 37.8. The second-order valence-corrected chi connectivity index (χ2v) is 7.78. The molecule has 1 saturated heterocycles. The van der Waals surface area contributed by atoms with Crippen molar-refractivity contribution in [2.45, 2.75) is 10.3 Å². The number of hydrogen-bond donors (Lipinski definition) is 1. The Morgan fingerprint density at radius 1 is 1.32 bits per heavy atom. The van der Waals surface area contributed by atoms with Gasteiger partial charge >= 0.3 is 6.18 Å². The van der Waals surface area contributed by atoms with Crippen LogP contribution in [-0.2, 0) is 19.8 Å². The summed E-state index contributed by atoms with van der Waals surface area (Å²) in [5.74, 6) is 0.241. The van der Waals surface area contributed by atoms with E-state index in [1.54, 1.807) is 0 Å². The van der Waals surface area contributed by atoms with Crippen LogP contribution < -0.4 is 10.6 Å². The average Bonchev–Trinajstić information content (AvgIpc) is 2.99. The molecule has 22 heavy (non-hydrogen) atoms. The van der Waals surface area contributed by atoms with Crippen LogP contribution in [0.2, 0.25) is 0 Å². The fraction of sp³-hybridized carbons (Fsp3) is 0.385. The number of amides is 2. The Balaban J connectivity index is 2.15. The highest BCUT2D eigenvalue weighted by Crippen LogP contribution is 2.59. The fourth-order valence-corrected chi connectivity index (χ4v) is 5.80. The molecule has 9 heteroatoms. The molecule has 1 fully saturated rings. The number of anilines is 1. The van der Waals surface area contributed by atoms with E-state index in [0.717, 1.165) is 12.1 Å². The van der Waals surface area contributed by atoms with Gasteiger partial charge in [-0.3, -0.25) is 9.59 Å². The Bertz CT molecular complexity index is 657. The first-order chi connectivity index (χ1) is 10.3. The first kappa shape index (κ1) is 15.5. The number of hydrogen-bond acceptors (Lipinski definition) is 4. The van der Waals surface area contributed by atoms with Crippen molar-refractivity contribution in [3.05, 3.63) is 29.3 Å². The smallest absolute Gasteiger partial charge is 0.368 e. The van der Waals surface area contributed by atoms with E-state index >= 15 is 0 Å². The van der Waals surface area contributed by atoms with Crippen LogP contribution in [0.25, 0.3) is 0 Å². The molecule has 0 radical (unpaired) electrons. The molecule has 1 aromatic carbocycles. The fourth-order valence-electron chi connectivity index (χ4n) is 2.62. The molecule has 1 spiro atoms. The van der Waals surface area contributed by atoms with E-state index in [-0.39, 0.29) is 12.5 Å². The monoisotopic (exact) mass is 348 g/mol. The zero-order valence-electron chi connectivity index (χ0n) is 11.1. The Morgan fingerprint density at radius 3 is 2.50 bits per heavy atom. The van der Waals surface area contributed by atoms with Crippen molar-refractivity contribution < 1.29 is 22.8 Å². The summed E-state index contributed by atoms with van der Waals surface area (Å²) in [5.41, 5.74) is 4.99. The second kappa shape index (κ2) is 5.09. The van der Waals surface area contributed by atoms with Crippen LogP contribution in [-0.4, -0.2) is 29.9 Å². The third-order valence-electron chi connectivity index (χ3n) is 3.50. The van der Waals surface area contributed by atoms with Crippen LogP contribution >= 0.6 is 23.5 Å². The SMILES string of the molecule is NC(=O)CN1C(=O)C2(SCCS2)c2cc(C(F)(F)F)ccc21. The third kappa shape index (κ3) is 2.26. The van der Waals surface area contributed by atoms with E-state index in [2.05, 4.69) is 0 Å². The maximum Gasteiger partial charge on any atom is 0.416 e. The highest BCUT2D eigenvalue weighted by atomic mass is 32.2. The predicted octanol–water partition coefficient (Wildman–Crippen LogP) is 2.17. The minimum absolute atomic E-state index is 0.307. The molecule has 0 unspecified atom stereocenters. The van der Waals surface area contributed by atoms with Crippen molar-refractivity contribution >= 4 is 41.0 Å². The number of thioether (sulfide) groups is 2. The first-order valence-corrected chi connectivity index (χ1v) is 8.33. The summed E-state index contributed by atoms with van der Waals surface area (Å²) in [6.07, 6.45) is -4.48. The number of carbonyl (C=O) groups excluding carboxylic acids is 2. The Morgan fingerprint density at radius 2 is 1.95 bits per heavy atom. The number of nitrogens with two attached hydrogens (primary N) is 1. The van der Waals surface area contributed by atoms with Gasteiger partial charge in [-0.05, 0) is 18.2 Å². The number of primary amides is 1. The molecule has 0 aromatic heterocycles. The summed E-state index contributed by atoms with van der Waals surface area (Å²) in [6.45, 7) is -0.333. The van der Waals surface area contributed by atoms with Gasteiger partial charge in [0, 0.05) is 17.1 Å². The molecule has 3 rings (SSSR count). The minimum atomic E-state index is -4.48. The number of benzene rings is 1. The lowest BCUT2D eigenvalue weighted by Crippen LogP contribution is -2.40. The molecule has 2 heterocycles. The zero-order valence-corrected chi connectivity index (χ0v) is 12.8. The highest BCUT2D eigenvalue weighted by Gasteiger charge is 2.55. The second-order valence-electron chi connectivity index (χ2n) is 4.90.